The highest BCUT2D eigenvalue weighted by Crippen LogP contribution is 2.23. The molecule has 0 heterocycles. The molecule has 22 heavy (non-hydrogen) atoms. The van der Waals surface area contributed by atoms with Gasteiger partial charge in [0.1, 0.15) is 0 Å². The molecule has 0 radical (unpaired) electrons. The van der Waals surface area contributed by atoms with Crippen molar-refractivity contribution in [2.24, 2.45) is 0 Å². The van der Waals surface area contributed by atoms with Gasteiger partial charge in [-0.1, -0.05) is 48.0 Å². The van der Waals surface area contributed by atoms with E-state index in [4.69, 9.17) is 0 Å². The summed E-state index contributed by atoms with van der Waals surface area (Å²) in [6.45, 7) is 1.94. The van der Waals surface area contributed by atoms with Crippen molar-refractivity contribution in [1.29, 1.82) is 0 Å². The van der Waals surface area contributed by atoms with Crippen molar-refractivity contribution in [2.45, 2.75) is 11.8 Å². The number of rotatable bonds is 5. The zero-order chi connectivity index (χ0) is 16.0. The van der Waals surface area contributed by atoms with Gasteiger partial charge in [0.2, 0.25) is 9.84 Å². The molecule has 0 saturated heterocycles. The summed E-state index contributed by atoms with van der Waals surface area (Å²) < 4.78 is 25.7. The number of hydrogen-bond donors (Lipinski definition) is 0. The molecule has 0 atom stereocenters. The summed E-state index contributed by atoms with van der Waals surface area (Å²) in [6, 6.07) is 16.4. The SMILES string of the molecule is CS/C=C/C(=C\c1ccccc1)S(=O)(=O)c1ccc(C)cc1. The maximum absolute atomic E-state index is 12.8. The summed E-state index contributed by atoms with van der Waals surface area (Å²) in [5.74, 6) is 0. The van der Waals surface area contributed by atoms with Crippen molar-refractivity contribution in [3.63, 3.8) is 0 Å². The van der Waals surface area contributed by atoms with Gasteiger partial charge in [-0.15, -0.1) is 11.8 Å². The van der Waals surface area contributed by atoms with Crippen molar-refractivity contribution in [3.8, 4) is 0 Å². The largest absolute Gasteiger partial charge is 0.219 e. The van der Waals surface area contributed by atoms with E-state index in [2.05, 4.69) is 0 Å². The Hall–Kier alpha value is -1.78. The number of sulfone groups is 1. The van der Waals surface area contributed by atoms with Crippen molar-refractivity contribution < 1.29 is 8.42 Å². The molecule has 2 nitrogen and oxygen atoms in total. The summed E-state index contributed by atoms with van der Waals surface area (Å²) in [6.07, 6.45) is 5.24. The third kappa shape index (κ3) is 4.12. The van der Waals surface area contributed by atoms with E-state index in [1.165, 1.54) is 11.8 Å². The summed E-state index contributed by atoms with van der Waals surface area (Å²) >= 11 is 1.47. The van der Waals surface area contributed by atoms with Gasteiger partial charge in [0.05, 0.1) is 9.80 Å². The molecule has 0 fully saturated rings. The van der Waals surface area contributed by atoms with E-state index in [1.807, 2.05) is 55.6 Å². The van der Waals surface area contributed by atoms with E-state index >= 15 is 0 Å². The number of benzene rings is 2. The Morgan fingerprint density at radius 3 is 2.23 bits per heavy atom. The molecule has 0 spiro atoms. The van der Waals surface area contributed by atoms with Crippen LogP contribution in [0, 0.1) is 6.92 Å². The van der Waals surface area contributed by atoms with Crippen LogP contribution >= 0.6 is 11.8 Å². The van der Waals surface area contributed by atoms with E-state index in [0.29, 0.717) is 4.90 Å². The lowest BCUT2D eigenvalue weighted by Gasteiger charge is -2.06. The lowest BCUT2D eigenvalue weighted by Crippen LogP contribution is -2.03. The van der Waals surface area contributed by atoms with Crippen LogP contribution in [-0.2, 0) is 9.84 Å². The number of allylic oxidation sites excluding steroid dienone is 1. The van der Waals surface area contributed by atoms with Crippen LogP contribution in [0.3, 0.4) is 0 Å². The predicted octanol–water partition coefficient (Wildman–Crippen LogP) is 4.69. The molecule has 0 aliphatic heterocycles. The van der Waals surface area contributed by atoms with Crippen molar-refractivity contribution in [1.82, 2.24) is 0 Å². The van der Waals surface area contributed by atoms with E-state index < -0.39 is 9.84 Å². The first-order valence-corrected chi connectivity index (χ1v) is 9.59. The van der Waals surface area contributed by atoms with Gasteiger partial charge in [0.25, 0.3) is 0 Å². The molecule has 114 valence electrons. The van der Waals surface area contributed by atoms with Crippen LogP contribution in [0.4, 0.5) is 0 Å². The lowest BCUT2D eigenvalue weighted by molar-refractivity contribution is 0.603. The molecule has 0 N–H and O–H groups in total. The van der Waals surface area contributed by atoms with Gasteiger partial charge in [-0.3, -0.25) is 0 Å². The maximum Gasteiger partial charge on any atom is 0.206 e. The molecule has 2 aromatic carbocycles. The second-order valence-electron chi connectivity index (χ2n) is 4.81. The highest BCUT2D eigenvalue weighted by atomic mass is 32.2. The summed E-state index contributed by atoms with van der Waals surface area (Å²) in [4.78, 5) is 0.600. The van der Waals surface area contributed by atoms with Crippen molar-refractivity contribution in [2.75, 3.05) is 6.26 Å². The Kier molecular flexibility index (Phi) is 5.63. The first kappa shape index (κ1) is 16.6. The number of thioether (sulfide) groups is 1. The topological polar surface area (TPSA) is 34.1 Å². The second kappa shape index (κ2) is 7.47. The number of hydrogen-bond acceptors (Lipinski definition) is 3. The monoisotopic (exact) mass is 330 g/mol. The van der Waals surface area contributed by atoms with Crippen molar-refractivity contribution in [3.05, 3.63) is 82.1 Å². The Bertz CT molecular complexity index is 772. The van der Waals surface area contributed by atoms with E-state index in [9.17, 15) is 8.42 Å². The maximum atomic E-state index is 12.8. The third-order valence-electron chi connectivity index (χ3n) is 3.12. The van der Waals surface area contributed by atoms with Crippen LogP contribution < -0.4 is 0 Å². The molecule has 4 heteroatoms. The fraction of sp³-hybridized carbons (Fsp3) is 0.111. The van der Waals surface area contributed by atoms with Crippen LogP contribution in [0.5, 0.6) is 0 Å². The third-order valence-corrected chi connectivity index (χ3v) is 5.29. The molecule has 0 aliphatic rings. The molecular formula is C18H18O2S2. The number of aryl methyl sites for hydroxylation is 1. The average Bonchev–Trinajstić information content (AvgIpc) is 2.52. The van der Waals surface area contributed by atoms with E-state index in [-0.39, 0.29) is 4.91 Å². The average molecular weight is 330 g/mol. The Morgan fingerprint density at radius 1 is 1.00 bits per heavy atom. The highest BCUT2D eigenvalue weighted by Gasteiger charge is 2.18. The molecule has 0 saturated carbocycles. The first-order chi connectivity index (χ1) is 10.5. The smallest absolute Gasteiger partial charge is 0.206 e. The molecule has 0 bridgehead atoms. The Labute approximate surface area is 136 Å². The van der Waals surface area contributed by atoms with Gasteiger partial charge in [-0.25, -0.2) is 8.42 Å². The van der Waals surface area contributed by atoms with Crippen LogP contribution in [0.1, 0.15) is 11.1 Å². The van der Waals surface area contributed by atoms with Gasteiger partial charge >= 0.3 is 0 Å². The molecule has 0 amide bonds. The molecule has 2 aromatic rings. The second-order valence-corrected chi connectivity index (χ2v) is 7.51. The van der Waals surface area contributed by atoms with Gasteiger partial charge in [0.15, 0.2) is 0 Å². The van der Waals surface area contributed by atoms with Crippen LogP contribution in [0.25, 0.3) is 6.08 Å². The summed E-state index contributed by atoms with van der Waals surface area (Å²) in [5, 5.41) is 1.78. The first-order valence-electron chi connectivity index (χ1n) is 6.82. The molecule has 0 unspecified atom stereocenters. The minimum atomic E-state index is -3.53. The lowest BCUT2D eigenvalue weighted by atomic mass is 10.2. The fourth-order valence-electron chi connectivity index (χ4n) is 1.92. The van der Waals surface area contributed by atoms with Crippen LogP contribution in [0.15, 0.2) is 75.9 Å². The predicted molar refractivity (Wildman–Crippen MR) is 95.4 cm³/mol. The summed E-state index contributed by atoms with van der Waals surface area (Å²) in [5.41, 5.74) is 1.89. The minimum absolute atomic E-state index is 0.289. The zero-order valence-corrected chi connectivity index (χ0v) is 14.2. The van der Waals surface area contributed by atoms with Gasteiger partial charge in [-0.2, -0.15) is 0 Å². The standard InChI is InChI=1S/C18H18O2S2/c1-15-8-10-17(11-9-15)22(19,20)18(12-13-21-2)14-16-6-4-3-5-7-16/h3-14H,1-2H3/b13-12+,18-14+. The van der Waals surface area contributed by atoms with E-state index in [1.54, 1.807) is 29.7 Å². The summed E-state index contributed by atoms with van der Waals surface area (Å²) in [7, 11) is -3.53. The zero-order valence-electron chi connectivity index (χ0n) is 12.6. The Morgan fingerprint density at radius 2 is 1.64 bits per heavy atom. The molecule has 0 aromatic heterocycles. The normalized spacial score (nSPS) is 12.7. The van der Waals surface area contributed by atoms with Crippen molar-refractivity contribution >= 4 is 27.7 Å². The van der Waals surface area contributed by atoms with Crippen LogP contribution in [-0.4, -0.2) is 14.7 Å². The van der Waals surface area contributed by atoms with Gasteiger partial charge in [0, 0.05) is 0 Å². The van der Waals surface area contributed by atoms with Crippen LogP contribution in [0.2, 0.25) is 0 Å². The quantitative estimate of drug-likeness (QED) is 0.746. The molecule has 2 rings (SSSR count). The Balaban J connectivity index is 2.51. The van der Waals surface area contributed by atoms with Gasteiger partial charge in [-0.05, 0) is 48.4 Å². The molecule has 0 aliphatic carbocycles. The van der Waals surface area contributed by atoms with Gasteiger partial charge < -0.3 is 0 Å². The van der Waals surface area contributed by atoms with E-state index in [0.717, 1.165) is 11.1 Å². The molecular weight excluding hydrogens is 312 g/mol. The highest BCUT2D eigenvalue weighted by molar-refractivity contribution is 8.01. The minimum Gasteiger partial charge on any atom is -0.219 e. The fourth-order valence-corrected chi connectivity index (χ4v) is 3.59.